The first-order valence-electron chi connectivity index (χ1n) is 4.85. The van der Waals surface area contributed by atoms with E-state index in [-0.39, 0.29) is 11.3 Å². The standard InChI is InChI=1S/C11H10N2OS/c14-9-11(10(13-9)15-7-12-11)6-8-4-2-1-3-5-8/h1-5,7,10H,6H2,(H,13,14). The number of benzene rings is 1. The van der Waals surface area contributed by atoms with Crippen LogP contribution in [0, 0.1) is 0 Å². The van der Waals surface area contributed by atoms with Gasteiger partial charge in [-0.05, 0) is 5.56 Å². The molecule has 0 radical (unpaired) electrons. The number of carbonyl (C=O) groups excluding carboxylic acids is 1. The molecule has 1 amide bonds. The number of hydrogen-bond donors (Lipinski definition) is 1. The molecule has 0 spiro atoms. The molecule has 2 aliphatic heterocycles. The Morgan fingerprint density at radius 2 is 2.20 bits per heavy atom. The largest absolute Gasteiger partial charge is 0.339 e. The van der Waals surface area contributed by atoms with E-state index in [0.717, 1.165) is 5.56 Å². The maximum Gasteiger partial charge on any atom is 0.252 e. The van der Waals surface area contributed by atoms with Gasteiger partial charge in [0.05, 0.1) is 5.55 Å². The van der Waals surface area contributed by atoms with Crippen molar-refractivity contribution < 1.29 is 4.79 Å². The van der Waals surface area contributed by atoms with Crippen LogP contribution in [0.5, 0.6) is 0 Å². The molecule has 1 fully saturated rings. The second kappa shape index (κ2) is 3.10. The molecule has 76 valence electrons. The van der Waals surface area contributed by atoms with E-state index in [1.54, 1.807) is 17.3 Å². The van der Waals surface area contributed by atoms with Gasteiger partial charge >= 0.3 is 0 Å². The Balaban J connectivity index is 1.89. The topological polar surface area (TPSA) is 41.5 Å². The molecule has 0 bridgehead atoms. The van der Waals surface area contributed by atoms with Crippen molar-refractivity contribution in [3.05, 3.63) is 35.9 Å². The molecule has 3 nitrogen and oxygen atoms in total. The molecule has 4 heteroatoms. The summed E-state index contributed by atoms with van der Waals surface area (Å²) in [5, 5.41) is 3.01. The monoisotopic (exact) mass is 218 g/mol. The van der Waals surface area contributed by atoms with Gasteiger partial charge in [0.25, 0.3) is 5.91 Å². The number of nitrogens with one attached hydrogen (secondary N) is 1. The average molecular weight is 218 g/mol. The number of β-lactam (4-membered cyclic amide) rings is 1. The van der Waals surface area contributed by atoms with Gasteiger partial charge in [0.1, 0.15) is 5.37 Å². The molecule has 0 aromatic heterocycles. The smallest absolute Gasteiger partial charge is 0.252 e. The minimum atomic E-state index is -0.522. The molecule has 1 saturated heterocycles. The second-order valence-corrected chi connectivity index (χ2v) is 4.77. The summed E-state index contributed by atoms with van der Waals surface area (Å²) < 4.78 is 0. The van der Waals surface area contributed by atoms with E-state index >= 15 is 0 Å². The molecule has 0 aliphatic carbocycles. The maximum absolute atomic E-state index is 11.6. The summed E-state index contributed by atoms with van der Waals surface area (Å²) in [7, 11) is 0. The Bertz CT molecular complexity index is 431. The fourth-order valence-electron chi connectivity index (χ4n) is 1.99. The zero-order valence-corrected chi connectivity index (χ0v) is 8.83. The van der Waals surface area contributed by atoms with Crippen molar-refractivity contribution >= 4 is 23.2 Å². The van der Waals surface area contributed by atoms with E-state index < -0.39 is 5.54 Å². The van der Waals surface area contributed by atoms with Gasteiger partial charge in [-0.15, -0.1) is 0 Å². The van der Waals surface area contributed by atoms with Crippen molar-refractivity contribution in [1.82, 2.24) is 5.32 Å². The van der Waals surface area contributed by atoms with Gasteiger partial charge in [-0.25, -0.2) is 0 Å². The second-order valence-electron chi connectivity index (χ2n) is 3.81. The Morgan fingerprint density at radius 1 is 1.40 bits per heavy atom. The number of fused-ring (bicyclic) bond motifs is 1. The Morgan fingerprint density at radius 3 is 2.87 bits per heavy atom. The lowest BCUT2D eigenvalue weighted by atomic mass is 9.84. The van der Waals surface area contributed by atoms with E-state index in [9.17, 15) is 4.79 Å². The van der Waals surface area contributed by atoms with Crippen molar-refractivity contribution in [1.29, 1.82) is 0 Å². The highest BCUT2D eigenvalue weighted by Gasteiger charge is 2.57. The molecule has 15 heavy (non-hydrogen) atoms. The number of aliphatic imine (C=N–C) groups is 1. The van der Waals surface area contributed by atoms with Crippen LogP contribution in [0.3, 0.4) is 0 Å². The predicted molar refractivity (Wildman–Crippen MR) is 60.9 cm³/mol. The molecular formula is C11H10N2OS. The summed E-state index contributed by atoms with van der Waals surface area (Å²) >= 11 is 1.59. The highest BCUT2D eigenvalue weighted by Crippen LogP contribution is 2.40. The molecule has 3 rings (SSSR count). The number of amides is 1. The summed E-state index contributed by atoms with van der Waals surface area (Å²) in [6.45, 7) is 0. The number of rotatable bonds is 2. The first-order valence-corrected chi connectivity index (χ1v) is 5.80. The highest BCUT2D eigenvalue weighted by molar-refractivity contribution is 8.13. The van der Waals surface area contributed by atoms with Gasteiger partial charge in [0, 0.05) is 6.42 Å². The van der Waals surface area contributed by atoms with Gasteiger partial charge in [-0.1, -0.05) is 42.1 Å². The lowest BCUT2D eigenvalue weighted by molar-refractivity contribution is -0.133. The highest BCUT2D eigenvalue weighted by atomic mass is 32.2. The van der Waals surface area contributed by atoms with Gasteiger partial charge < -0.3 is 5.32 Å². The fraction of sp³-hybridized carbons (Fsp3) is 0.273. The lowest BCUT2D eigenvalue weighted by Crippen LogP contribution is -2.69. The molecule has 0 saturated carbocycles. The summed E-state index contributed by atoms with van der Waals surface area (Å²) in [5.41, 5.74) is 2.43. The molecule has 1 aromatic carbocycles. The Labute approximate surface area is 92.0 Å². The predicted octanol–water partition coefficient (Wildman–Crippen LogP) is 1.20. The Kier molecular flexibility index (Phi) is 1.85. The van der Waals surface area contributed by atoms with Crippen LogP contribution in [0.15, 0.2) is 35.3 Å². The van der Waals surface area contributed by atoms with Crippen LogP contribution in [0.25, 0.3) is 0 Å². The molecule has 1 aromatic rings. The fourth-order valence-corrected chi connectivity index (χ4v) is 3.01. The first kappa shape index (κ1) is 8.97. The number of carbonyl (C=O) groups is 1. The minimum Gasteiger partial charge on any atom is -0.339 e. The van der Waals surface area contributed by atoms with Crippen molar-refractivity contribution in [2.45, 2.75) is 17.3 Å². The molecule has 2 unspecified atom stereocenters. The zero-order valence-electron chi connectivity index (χ0n) is 8.01. The van der Waals surface area contributed by atoms with E-state index in [4.69, 9.17) is 0 Å². The quantitative estimate of drug-likeness (QED) is 0.758. The third-order valence-electron chi connectivity index (χ3n) is 2.89. The number of hydrogen-bond acceptors (Lipinski definition) is 3. The molecule has 2 heterocycles. The van der Waals surface area contributed by atoms with Crippen LogP contribution in [-0.2, 0) is 11.2 Å². The molecule has 2 atom stereocenters. The van der Waals surface area contributed by atoms with Crippen LogP contribution < -0.4 is 5.32 Å². The minimum absolute atomic E-state index is 0.0533. The summed E-state index contributed by atoms with van der Waals surface area (Å²) in [6, 6.07) is 10.0. The van der Waals surface area contributed by atoms with Crippen LogP contribution >= 0.6 is 11.8 Å². The van der Waals surface area contributed by atoms with Crippen LogP contribution in [-0.4, -0.2) is 22.4 Å². The number of nitrogens with zero attached hydrogens (tertiary/aromatic N) is 1. The van der Waals surface area contributed by atoms with E-state index in [1.165, 1.54) is 0 Å². The van der Waals surface area contributed by atoms with Crippen molar-refractivity contribution in [3.8, 4) is 0 Å². The Hall–Kier alpha value is -1.29. The third-order valence-corrected chi connectivity index (χ3v) is 3.89. The maximum atomic E-state index is 11.6. The SMILES string of the molecule is O=C1NC2SC=NC12Cc1ccccc1. The summed E-state index contributed by atoms with van der Waals surface area (Å²) in [5.74, 6) is 0.0533. The molecule has 2 aliphatic rings. The van der Waals surface area contributed by atoms with Gasteiger partial charge in [0.2, 0.25) is 0 Å². The zero-order chi connectivity index (χ0) is 10.3. The van der Waals surface area contributed by atoms with Crippen LogP contribution in [0.2, 0.25) is 0 Å². The molecule has 1 N–H and O–H groups in total. The van der Waals surface area contributed by atoms with E-state index in [2.05, 4.69) is 10.3 Å². The van der Waals surface area contributed by atoms with Crippen LogP contribution in [0.1, 0.15) is 5.56 Å². The summed E-state index contributed by atoms with van der Waals surface area (Å²) in [4.78, 5) is 15.9. The van der Waals surface area contributed by atoms with Crippen molar-refractivity contribution in [2.75, 3.05) is 0 Å². The van der Waals surface area contributed by atoms with Gasteiger partial charge in [-0.2, -0.15) is 0 Å². The van der Waals surface area contributed by atoms with E-state index in [1.807, 2.05) is 30.3 Å². The summed E-state index contributed by atoms with van der Waals surface area (Å²) in [6.07, 6.45) is 0.702. The normalized spacial score (nSPS) is 32.0. The van der Waals surface area contributed by atoms with Crippen molar-refractivity contribution in [3.63, 3.8) is 0 Å². The average Bonchev–Trinajstić information content (AvgIpc) is 2.58. The van der Waals surface area contributed by atoms with Crippen molar-refractivity contribution in [2.24, 2.45) is 4.99 Å². The molecular weight excluding hydrogens is 208 g/mol. The van der Waals surface area contributed by atoms with Crippen LogP contribution in [0.4, 0.5) is 0 Å². The lowest BCUT2D eigenvalue weighted by Gasteiger charge is -2.41. The first-order chi connectivity index (χ1) is 7.31. The third kappa shape index (κ3) is 1.21. The van der Waals surface area contributed by atoms with E-state index in [0.29, 0.717) is 6.42 Å². The number of thioether (sulfide) groups is 1. The van der Waals surface area contributed by atoms with Gasteiger partial charge in [-0.3, -0.25) is 9.79 Å². The van der Waals surface area contributed by atoms with Gasteiger partial charge in [0.15, 0.2) is 5.54 Å².